The number of nitrogens with zero attached hydrogens (tertiary/aromatic N) is 2. The predicted molar refractivity (Wildman–Crippen MR) is 126 cm³/mol. The predicted octanol–water partition coefficient (Wildman–Crippen LogP) is 4.99. The molecule has 1 aromatic carbocycles. The average molecular weight is 450 g/mol. The average Bonchev–Trinajstić information content (AvgIpc) is 3.37. The van der Waals surface area contributed by atoms with Crippen molar-refractivity contribution >= 4 is 28.8 Å². The van der Waals surface area contributed by atoms with Crippen LogP contribution in [-0.4, -0.2) is 29.9 Å². The highest BCUT2D eigenvalue weighted by Gasteiger charge is 2.35. The third-order valence-corrected chi connectivity index (χ3v) is 6.63. The molecule has 1 aliphatic rings. The summed E-state index contributed by atoms with van der Waals surface area (Å²) >= 11 is 1.46. The van der Waals surface area contributed by atoms with Gasteiger partial charge in [0.1, 0.15) is 11.4 Å². The molecular weight excluding hydrogens is 422 g/mol. The Bertz CT molecular complexity index is 1030. The fourth-order valence-electron chi connectivity index (χ4n) is 4.10. The largest absolute Gasteiger partial charge is 0.497 e. The number of hydrogen-bond donors (Lipinski definition) is 1. The van der Waals surface area contributed by atoms with Gasteiger partial charge < -0.3 is 10.1 Å². The molecule has 1 aliphatic carbocycles. The van der Waals surface area contributed by atoms with Gasteiger partial charge in [-0.3, -0.25) is 19.5 Å². The summed E-state index contributed by atoms with van der Waals surface area (Å²) in [5, 5.41) is 5.14. The highest BCUT2D eigenvalue weighted by molar-refractivity contribution is 7.10. The van der Waals surface area contributed by atoms with Gasteiger partial charge in [-0.15, -0.1) is 11.3 Å². The molecule has 4 rings (SSSR count). The van der Waals surface area contributed by atoms with Gasteiger partial charge in [-0.25, -0.2) is 0 Å². The van der Waals surface area contributed by atoms with E-state index in [0.717, 1.165) is 30.6 Å². The minimum Gasteiger partial charge on any atom is -0.497 e. The van der Waals surface area contributed by atoms with Crippen molar-refractivity contribution < 1.29 is 14.3 Å². The van der Waals surface area contributed by atoms with E-state index in [1.165, 1.54) is 22.7 Å². The van der Waals surface area contributed by atoms with Crippen LogP contribution in [0.25, 0.3) is 0 Å². The Morgan fingerprint density at radius 3 is 2.62 bits per heavy atom. The van der Waals surface area contributed by atoms with Gasteiger partial charge in [0.2, 0.25) is 5.91 Å². The van der Waals surface area contributed by atoms with E-state index in [9.17, 15) is 9.59 Å². The van der Waals surface area contributed by atoms with E-state index in [0.29, 0.717) is 11.4 Å². The summed E-state index contributed by atoms with van der Waals surface area (Å²) in [4.78, 5) is 34.0. The van der Waals surface area contributed by atoms with E-state index >= 15 is 0 Å². The number of ether oxygens (including phenoxy) is 1. The molecule has 2 amide bonds. The molecule has 32 heavy (non-hydrogen) atoms. The zero-order chi connectivity index (χ0) is 22.3. The second-order valence-corrected chi connectivity index (χ2v) is 8.83. The van der Waals surface area contributed by atoms with Crippen LogP contribution in [0.2, 0.25) is 0 Å². The van der Waals surface area contributed by atoms with Gasteiger partial charge >= 0.3 is 0 Å². The van der Waals surface area contributed by atoms with Crippen LogP contribution in [0.15, 0.2) is 66.2 Å². The number of amides is 2. The maximum Gasteiger partial charge on any atom is 0.277 e. The molecule has 6 nitrogen and oxygen atoms in total. The Hall–Kier alpha value is -3.19. The summed E-state index contributed by atoms with van der Waals surface area (Å²) in [5.74, 6) is 0.0986. The Balaban J connectivity index is 1.77. The van der Waals surface area contributed by atoms with E-state index < -0.39 is 6.04 Å². The number of methoxy groups -OCH3 is 1. The van der Waals surface area contributed by atoms with Crippen molar-refractivity contribution in [3.05, 3.63) is 76.7 Å². The molecule has 2 aromatic heterocycles. The van der Waals surface area contributed by atoms with Crippen LogP contribution < -0.4 is 15.0 Å². The maximum atomic E-state index is 13.7. The lowest BCUT2D eigenvalue weighted by Gasteiger charge is -2.32. The highest BCUT2D eigenvalue weighted by Crippen LogP contribution is 2.34. The van der Waals surface area contributed by atoms with Crippen molar-refractivity contribution in [1.82, 2.24) is 10.3 Å². The molecule has 1 N–H and O–H groups in total. The zero-order valence-electron chi connectivity index (χ0n) is 18.1. The first-order valence-electron chi connectivity index (χ1n) is 10.9. The second kappa shape index (κ2) is 10.4. The number of rotatable bonds is 7. The molecule has 0 radical (unpaired) electrons. The second-order valence-electron chi connectivity index (χ2n) is 7.85. The van der Waals surface area contributed by atoms with Gasteiger partial charge in [-0.1, -0.05) is 37.5 Å². The smallest absolute Gasteiger partial charge is 0.277 e. The Morgan fingerprint density at radius 2 is 1.94 bits per heavy atom. The number of nitrogens with one attached hydrogen (secondary N) is 1. The molecule has 166 valence electrons. The van der Waals surface area contributed by atoms with Crippen LogP contribution >= 0.6 is 11.3 Å². The Kier molecular flexibility index (Phi) is 7.17. The third-order valence-electron chi connectivity index (χ3n) is 5.71. The lowest BCUT2D eigenvalue weighted by atomic mass is 9.95. The van der Waals surface area contributed by atoms with Crippen molar-refractivity contribution in [3.8, 4) is 5.75 Å². The first-order valence-corrected chi connectivity index (χ1v) is 11.8. The molecule has 1 unspecified atom stereocenters. The first kappa shape index (κ1) is 22.0. The number of carbonyl (C=O) groups excluding carboxylic acids is 2. The Labute approximate surface area is 192 Å². The summed E-state index contributed by atoms with van der Waals surface area (Å²) < 4.78 is 5.39. The van der Waals surface area contributed by atoms with E-state index in [1.807, 2.05) is 35.7 Å². The van der Waals surface area contributed by atoms with Gasteiger partial charge in [-0.2, -0.15) is 0 Å². The van der Waals surface area contributed by atoms with Crippen LogP contribution in [0.4, 0.5) is 5.69 Å². The number of pyridine rings is 1. The number of anilines is 1. The summed E-state index contributed by atoms with van der Waals surface area (Å²) in [6.45, 7) is 0. The van der Waals surface area contributed by atoms with Gasteiger partial charge in [0.05, 0.1) is 7.11 Å². The lowest BCUT2D eigenvalue weighted by molar-refractivity contribution is -0.123. The molecule has 0 saturated heterocycles. The normalized spacial score (nSPS) is 15.0. The first-order chi connectivity index (χ1) is 15.7. The fraction of sp³-hybridized carbons (Fsp3) is 0.320. The van der Waals surface area contributed by atoms with Crippen LogP contribution in [0, 0.1) is 0 Å². The number of carbonyl (C=O) groups is 2. The van der Waals surface area contributed by atoms with Gasteiger partial charge in [0, 0.05) is 28.9 Å². The van der Waals surface area contributed by atoms with Crippen LogP contribution in [-0.2, 0) is 4.79 Å². The number of thiophene rings is 1. The molecule has 1 atom stereocenters. The van der Waals surface area contributed by atoms with E-state index in [-0.39, 0.29) is 23.6 Å². The quantitative estimate of drug-likeness (QED) is 0.552. The number of benzene rings is 1. The molecule has 3 aromatic rings. The molecule has 2 heterocycles. The summed E-state index contributed by atoms with van der Waals surface area (Å²) in [5.41, 5.74) is 0.861. The number of hydrogen-bond acceptors (Lipinski definition) is 5. The topological polar surface area (TPSA) is 71.5 Å². The van der Waals surface area contributed by atoms with Crippen molar-refractivity contribution in [1.29, 1.82) is 0 Å². The van der Waals surface area contributed by atoms with Crippen molar-refractivity contribution in [2.75, 3.05) is 12.0 Å². The fourth-order valence-corrected chi connectivity index (χ4v) is 4.92. The molecule has 0 aliphatic heterocycles. The SMILES string of the molecule is COc1cccc(N(C(=O)c2ccccn2)C(C(=O)NC2CCCCC2)c2cccs2)c1. The molecule has 1 saturated carbocycles. The highest BCUT2D eigenvalue weighted by atomic mass is 32.1. The summed E-state index contributed by atoms with van der Waals surface area (Å²) in [6.07, 6.45) is 6.95. The summed E-state index contributed by atoms with van der Waals surface area (Å²) in [7, 11) is 1.58. The van der Waals surface area contributed by atoms with Gasteiger partial charge in [-0.05, 0) is 48.6 Å². The van der Waals surface area contributed by atoms with E-state index in [2.05, 4.69) is 10.3 Å². The summed E-state index contributed by atoms with van der Waals surface area (Å²) in [6, 6.07) is 15.5. The molecule has 0 spiro atoms. The third kappa shape index (κ3) is 4.99. The lowest BCUT2D eigenvalue weighted by Crippen LogP contribution is -2.47. The van der Waals surface area contributed by atoms with Gasteiger partial charge in [0.15, 0.2) is 6.04 Å². The molecule has 7 heteroatoms. The van der Waals surface area contributed by atoms with Crippen molar-refractivity contribution in [2.45, 2.75) is 44.2 Å². The standard InChI is InChI=1S/C25H27N3O3S/c1-31-20-12-7-11-19(17-20)28(25(30)21-13-5-6-15-26-21)23(22-14-8-16-32-22)24(29)27-18-9-3-2-4-10-18/h5-8,11-18,23H,2-4,9-10H2,1H3,(H,27,29). The van der Waals surface area contributed by atoms with Crippen LogP contribution in [0.5, 0.6) is 5.75 Å². The Morgan fingerprint density at radius 1 is 1.09 bits per heavy atom. The number of aromatic nitrogens is 1. The van der Waals surface area contributed by atoms with Crippen molar-refractivity contribution in [2.24, 2.45) is 0 Å². The van der Waals surface area contributed by atoms with Crippen LogP contribution in [0.1, 0.15) is 53.5 Å². The zero-order valence-corrected chi connectivity index (χ0v) is 18.9. The van der Waals surface area contributed by atoms with Gasteiger partial charge in [0.25, 0.3) is 5.91 Å². The molecule has 0 bridgehead atoms. The maximum absolute atomic E-state index is 13.7. The van der Waals surface area contributed by atoms with Crippen molar-refractivity contribution in [3.63, 3.8) is 0 Å². The molecular formula is C25H27N3O3S. The van der Waals surface area contributed by atoms with E-state index in [4.69, 9.17) is 4.74 Å². The molecule has 1 fully saturated rings. The minimum atomic E-state index is -0.807. The minimum absolute atomic E-state index is 0.135. The monoisotopic (exact) mass is 449 g/mol. The van der Waals surface area contributed by atoms with E-state index in [1.54, 1.807) is 37.6 Å². The van der Waals surface area contributed by atoms with Crippen LogP contribution in [0.3, 0.4) is 0 Å².